The van der Waals surface area contributed by atoms with Gasteiger partial charge in [-0.2, -0.15) is 0 Å². The Kier molecular flexibility index (Phi) is 4.80. The molecule has 0 aromatic carbocycles. The van der Waals surface area contributed by atoms with Gasteiger partial charge < -0.3 is 14.6 Å². The normalized spacial score (nSPS) is 12.4. The Hall–Kier alpha value is -2.81. The second-order valence-corrected chi connectivity index (χ2v) is 5.38. The molecule has 3 rings (SSSR count). The Morgan fingerprint density at radius 1 is 1.46 bits per heavy atom. The van der Waals surface area contributed by atoms with Crippen molar-refractivity contribution in [1.82, 2.24) is 34.4 Å². The first-order valence-electron chi connectivity index (χ1n) is 7.66. The van der Waals surface area contributed by atoms with Crippen LogP contribution in [0.15, 0.2) is 31.0 Å². The first-order valence-corrected chi connectivity index (χ1v) is 7.66. The van der Waals surface area contributed by atoms with E-state index in [2.05, 4.69) is 25.5 Å². The zero-order valence-corrected chi connectivity index (χ0v) is 13.6. The molecule has 1 amide bonds. The van der Waals surface area contributed by atoms with E-state index in [9.17, 15) is 4.79 Å². The highest BCUT2D eigenvalue weighted by atomic mass is 16.5. The molecule has 0 spiro atoms. The molecule has 0 aliphatic rings. The van der Waals surface area contributed by atoms with Gasteiger partial charge in [-0.3, -0.25) is 9.20 Å². The van der Waals surface area contributed by atoms with Crippen molar-refractivity contribution in [3.63, 3.8) is 0 Å². The second-order valence-electron chi connectivity index (χ2n) is 5.38. The SMILES string of the molecule is COCCCn1cnnc1[C@@H](C)NC(=O)c1cn2cccnc2n1. The van der Waals surface area contributed by atoms with Crippen LogP contribution in [0, 0.1) is 0 Å². The highest BCUT2D eigenvalue weighted by Crippen LogP contribution is 2.11. The molecule has 3 heterocycles. The van der Waals surface area contributed by atoms with Gasteiger partial charge in [-0.25, -0.2) is 9.97 Å². The van der Waals surface area contributed by atoms with Gasteiger partial charge in [0.2, 0.25) is 5.78 Å². The van der Waals surface area contributed by atoms with Crippen LogP contribution in [0.3, 0.4) is 0 Å². The van der Waals surface area contributed by atoms with E-state index in [0.29, 0.717) is 23.9 Å². The minimum Gasteiger partial charge on any atom is -0.385 e. The Morgan fingerprint density at radius 2 is 2.33 bits per heavy atom. The molecule has 24 heavy (non-hydrogen) atoms. The summed E-state index contributed by atoms with van der Waals surface area (Å²) in [5, 5.41) is 10.9. The van der Waals surface area contributed by atoms with E-state index in [1.54, 1.807) is 42.5 Å². The number of hydrogen-bond donors (Lipinski definition) is 1. The summed E-state index contributed by atoms with van der Waals surface area (Å²) in [6.07, 6.45) is 7.58. The van der Waals surface area contributed by atoms with Crippen molar-refractivity contribution in [2.75, 3.05) is 13.7 Å². The number of rotatable bonds is 7. The van der Waals surface area contributed by atoms with Crippen molar-refractivity contribution in [2.24, 2.45) is 0 Å². The number of imidazole rings is 1. The maximum Gasteiger partial charge on any atom is 0.272 e. The fourth-order valence-electron chi connectivity index (χ4n) is 2.43. The number of nitrogens with zero attached hydrogens (tertiary/aromatic N) is 6. The number of methoxy groups -OCH3 is 1. The molecule has 1 N–H and O–H groups in total. The zero-order chi connectivity index (χ0) is 16.9. The Morgan fingerprint density at radius 3 is 3.12 bits per heavy atom. The average Bonchev–Trinajstić information content (AvgIpc) is 3.21. The minimum atomic E-state index is -0.291. The average molecular weight is 329 g/mol. The summed E-state index contributed by atoms with van der Waals surface area (Å²) in [4.78, 5) is 20.7. The van der Waals surface area contributed by atoms with Crippen molar-refractivity contribution in [3.05, 3.63) is 42.5 Å². The highest BCUT2D eigenvalue weighted by molar-refractivity contribution is 5.92. The largest absolute Gasteiger partial charge is 0.385 e. The smallest absolute Gasteiger partial charge is 0.272 e. The third kappa shape index (κ3) is 3.40. The van der Waals surface area contributed by atoms with E-state index < -0.39 is 0 Å². The van der Waals surface area contributed by atoms with Crippen molar-refractivity contribution >= 4 is 11.7 Å². The number of amides is 1. The number of fused-ring (bicyclic) bond motifs is 1. The Balaban J connectivity index is 1.69. The number of aromatic nitrogens is 6. The molecule has 0 aliphatic carbocycles. The van der Waals surface area contributed by atoms with Gasteiger partial charge in [0, 0.05) is 38.9 Å². The van der Waals surface area contributed by atoms with Gasteiger partial charge in [-0.05, 0) is 19.4 Å². The highest BCUT2D eigenvalue weighted by Gasteiger charge is 2.18. The number of nitrogens with one attached hydrogen (secondary N) is 1. The van der Waals surface area contributed by atoms with Gasteiger partial charge in [0.15, 0.2) is 5.82 Å². The predicted octanol–water partition coefficient (Wildman–Crippen LogP) is 0.848. The fourth-order valence-corrected chi connectivity index (χ4v) is 2.43. The number of carbonyl (C=O) groups is 1. The van der Waals surface area contributed by atoms with Crippen LogP contribution in [0.2, 0.25) is 0 Å². The lowest BCUT2D eigenvalue weighted by Gasteiger charge is -2.14. The summed E-state index contributed by atoms with van der Waals surface area (Å²) >= 11 is 0. The van der Waals surface area contributed by atoms with Crippen LogP contribution in [0.4, 0.5) is 0 Å². The Labute approximate surface area is 138 Å². The van der Waals surface area contributed by atoms with E-state index >= 15 is 0 Å². The summed E-state index contributed by atoms with van der Waals surface area (Å²) in [5.74, 6) is 0.902. The molecule has 3 aromatic rings. The topological polar surface area (TPSA) is 99.2 Å². The van der Waals surface area contributed by atoms with Crippen molar-refractivity contribution in [1.29, 1.82) is 0 Å². The summed E-state index contributed by atoms with van der Waals surface area (Å²) in [6.45, 7) is 3.25. The predicted molar refractivity (Wildman–Crippen MR) is 85.4 cm³/mol. The van der Waals surface area contributed by atoms with Gasteiger partial charge in [-0.15, -0.1) is 10.2 Å². The lowest BCUT2D eigenvalue weighted by Crippen LogP contribution is -2.29. The molecule has 3 aromatic heterocycles. The molecule has 0 radical (unpaired) electrons. The molecule has 1 atom stereocenters. The number of aryl methyl sites for hydroxylation is 1. The van der Waals surface area contributed by atoms with Crippen LogP contribution in [0.5, 0.6) is 0 Å². The van der Waals surface area contributed by atoms with Crippen LogP contribution in [0.1, 0.15) is 35.7 Å². The molecular weight excluding hydrogens is 310 g/mol. The van der Waals surface area contributed by atoms with Crippen LogP contribution in [-0.4, -0.2) is 48.8 Å². The lowest BCUT2D eigenvalue weighted by atomic mass is 10.3. The maximum absolute atomic E-state index is 12.4. The van der Waals surface area contributed by atoms with Crippen LogP contribution in [0.25, 0.3) is 5.78 Å². The van der Waals surface area contributed by atoms with Gasteiger partial charge in [-0.1, -0.05) is 0 Å². The minimum absolute atomic E-state index is 0.278. The van der Waals surface area contributed by atoms with Crippen LogP contribution < -0.4 is 5.32 Å². The number of hydrogen-bond acceptors (Lipinski definition) is 6. The lowest BCUT2D eigenvalue weighted by molar-refractivity contribution is 0.0933. The summed E-state index contributed by atoms with van der Waals surface area (Å²) in [7, 11) is 1.67. The van der Waals surface area contributed by atoms with E-state index in [-0.39, 0.29) is 11.9 Å². The van der Waals surface area contributed by atoms with E-state index in [4.69, 9.17) is 4.74 Å². The third-order valence-electron chi connectivity index (χ3n) is 3.60. The van der Waals surface area contributed by atoms with Gasteiger partial charge in [0.05, 0.1) is 6.04 Å². The summed E-state index contributed by atoms with van der Waals surface area (Å²) < 4.78 is 8.66. The summed E-state index contributed by atoms with van der Waals surface area (Å²) in [6, 6.07) is 1.49. The molecule has 0 unspecified atom stereocenters. The molecule has 0 fully saturated rings. The number of carbonyl (C=O) groups excluding carboxylic acids is 1. The molecule has 0 saturated heterocycles. The molecule has 0 bridgehead atoms. The quantitative estimate of drug-likeness (QED) is 0.645. The van der Waals surface area contributed by atoms with E-state index in [0.717, 1.165) is 13.0 Å². The van der Waals surface area contributed by atoms with Crippen molar-refractivity contribution < 1.29 is 9.53 Å². The second kappa shape index (κ2) is 7.18. The van der Waals surface area contributed by atoms with Gasteiger partial charge in [0.1, 0.15) is 12.0 Å². The number of ether oxygens (including phenoxy) is 1. The van der Waals surface area contributed by atoms with Crippen molar-refractivity contribution in [2.45, 2.75) is 25.9 Å². The van der Waals surface area contributed by atoms with Crippen molar-refractivity contribution in [3.8, 4) is 0 Å². The molecule has 0 aliphatic heterocycles. The monoisotopic (exact) mass is 329 g/mol. The van der Waals surface area contributed by atoms with E-state index in [1.165, 1.54) is 0 Å². The van der Waals surface area contributed by atoms with E-state index in [1.807, 2.05) is 11.5 Å². The summed E-state index contributed by atoms with van der Waals surface area (Å²) in [5.41, 5.74) is 0.311. The van der Waals surface area contributed by atoms with Gasteiger partial charge >= 0.3 is 0 Å². The fraction of sp³-hybridized carbons (Fsp3) is 0.400. The van der Waals surface area contributed by atoms with Crippen LogP contribution in [-0.2, 0) is 11.3 Å². The molecule has 9 nitrogen and oxygen atoms in total. The molecule has 9 heteroatoms. The zero-order valence-electron chi connectivity index (χ0n) is 13.6. The standard InChI is InChI=1S/C15H19N7O2/c1-11(13-20-17-10-22(13)7-4-8-24-2)18-14(23)12-9-21-6-3-5-16-15(21)19-12/h3,5-6,9-11H,4,7-8H2,1-2H3,(H,18,23)/t11-/m1/s1. The molecule has 126 valence electrons. The molecular formula is C15H19N7O2. The van der Waals surface area contributed by atoms with Gasteiger partial charge in [0.25, 0.3) is 5.91 Å². The third-order valence-corrected chi connectivity index (χ3v) is 3.60. The van der Waals surface area contributed by atoms with Crippen LogP contribution >= 0.6 is 0 Å². The Bertz CT molecular complexity index is 793. The first kappa shape index (κ1) is 16.1. The maximum atomic E-state index is 12.4. The first-order chi connectivity index (χ1) is 11.7. The molecule has 0 saturated carbocycles.